The van der Waals surface area contributed by atoms with Gasteiger partial charge in [-0.2, -0.15) is 0 Å². The van der Waals surface area contributed by atoms with E-state index in [1.54, 1.807) is 13.2 Å². The van der Waals surface area contributed by atoms with Crippen LogP contribution in [0, 0.1) is 5.92 Å². The molecular weight excluding hydrogens is 278 g/mol. The molecule has 0 radical (unpaired) electrons. The van der Waals surface area contributed by atoms with Crippen molar-refractivity contribution >= 4 is 5.91 Å². The number of methoxy groups -OCH3 is 1. The molecule has 0 aliphatic rings. The van der Waals surface area contributed by atoms with Gasteiger partial charge in [0.2, 0.25) is 0 Å². The molecule has 1 amide bonds. The molecule has 1 aromatic carbocycles. The van der Waals surface area contributed by atoms with Crippen molar-refractivity contribution in [3.8, 4) is 5.75 Å². The highest BCUT2D eigenvalue weighted by molar-refractivity contribution is 5.94. The molecule has 1 unspecified atom stereocenters. The number of amides is 1. The third kappa shape index (κ3) is 6.06. The minimum absolute atomic E-state index is 0.0475. The second-order valence-electron chi connectivity index (χ2n) is 6.10. The van der Waals surface area contributed by atoms with Crippen molar-refractivity contribution in [3.05, 3.63) is 29.3 Å². The molecule has 0 saturated heterocycles. The van der Waals surface area contributed by atoms with Gasteiger partial charge < -0.3 is 14.8 Å². The Bertz CT molecular complexity index is 471. The molecular formula is C18H29NO3. The van der Waals surface area contributed by atoms with Crippen LogP contribution in [-0.2, 0) is 11.3 Å². The topological polar surface area (TPSA) is 47.6 Å². The number of rotatable bonds is 9. The molecule has 1 rings (SSSR count). The fraction of sp³-hybridized carbons (Fsp3) is 0.611. The second-order valence-corrected chi connectivity index (χ2v) is 6.10. The van der Waals surface area contributed by atoms with E-state index in [2.05, 4.69) is 26.1 Å². The summed E-state index contributed by atoms with van der Waals surface area (Å²) in [5.41, 5.74) is 1.55. The molecule has 0 aliphatic carbocycles. The van der Waals surface area contributed by atoms with Crippen LogP contribution in [0.1, 0.15) is 56.5 Å². The summed E-state index contributed by atoms with van der Waals surface area (Å²) in [6.45, 7) is 9.49. The van der Waals surface area contributed by atoms with Gasteiger partial charge in [-0.05, 0) is 37.5 Å². The Kier molecular flexibility index (Phi) is 7.96. The maximum Gasteiger partial charge on any atom is 0.251 e. The van der Waals surface area contributed by atoms with Gasteiger partial charge in [0, 0.05) is 23.8 Å². The zero-order chi connectivity index (χ0) is 16.5. The molecule has 1 atom stereocenters. The van der Waals surface area contributed by atoms with Gasteiger partial charge in [0.25, 0.3) is 5.91 Å². The summed E-state index contributed by atoms with van der Waals surface area (Å²) in [6, 6.07) is 5.65. The van der Waals surface area contributed by atoms with Gasteiger partial charge in [0.05, 0.1) is 13.7 Å². The van der Waals surface area contributed by atoms with Crippen molar-refractivity contribution in [2.45, 2.75) is 53.2 Å². The van der Waals surface area contributed by atoms with Gasteiger partial charge in [-0.15, -0.1) is 0 Å². The van der Waals surface area contributed by atoms with Crippen LogP contribution in [0.25, 0.3) is 0 Å². The van der Waals surface area contributed by atoms with Crippen LogP contribution in [0.5, 0.6) is 5.75 Å². The first kappa shape index (κ1) is 18.5. The number of hydrogen-bond acceptors (Lipinski definition) is 3. The number of nitrogens with one attached hydrogen (secondary N) is 1. The predicted octanol–water partition coefficient (Wildman–Crippen LogP) is 3.79. The Morgan fingerprint density at radius 1 is 1.27 bits per heavy atom. The Hall–Kier alpha value is -1.55. The van der Waals surface area contributed by atoms with Crippen LogP contribution < -0.4 is 10.1 Å². The minimum atomic E-state index is -0.0475. The molecule has 124 valence electrons. The highest BCUT2D eigenvalue weighted by Crippen LogP contribution is 2.21. The van der Waals surface area contributed by atoms with Gasteiger partial charge in [0.15, 0.2) is 0 Å². The smallest absolute Gasteiger partial charge is 0.251 e. The third-order valence-electron chi connectivity index (χ3n) is 3.35. The van der Waals surface area contributed by atoms with E-state index >= 15 is 0 Å². The summed E-state index contributed by atoms with van der Waals surface area (Å²) < 4.78 is 11.0. The van der Waals surface area contributed by atoms with Gasteiger partial charge in [0.1, 0.15) is 5.75 Å². The molecule has 1 aromatic rings. The van der Waals surface area contributed by atoms with E-state index in [1.807, 2.05) is 19.1 Å². The number of hydrogen-bond donors (Lipinski definition) is 1. The van der Waals surface area contributed by atoms with E-state index in [0.29, 0.717) is 24.7 Å². The fourth-order valence-corrected chi connectivity index (χ4v) is 2.25. The predicted molar refractivity (Wildman–Crippen MR) is 89.3 cm³/mol. The van der Waals surface area contributed by atoms with Crippen LogP contribution in [0.3, 0.4) is 0 Å². The second kappa shape index (κ2) is 9.46. The monoisotopic (exact) mass is 307 g/mol. The molecule has 4 heteroatoms. The molecule has 0 aliphatic heterocycles. The molecule has 0 heterocycles. The molecule has 0 saturated carbocycles. The van der Waals surface area contributed by atoms with Crippen molar-refractivity contribution in [1.29, 1.82) is 0 Å². The zero-order valence-electron chi connectivity index (χ0n) is 14.4. The first-order valence-electron chi connectivity index (χ1n) is 8.03. The van der Waals surface area contributed by atoms with Crippen LogP contribution in [-0.4, -0.2) is 25.7 Å². The lowest BCUT2D eigenvalue weighted by atomic mass is 10.1. The SMILES string of the molecule is CCCC(C)NC(=O)c1ccc(OC)c(COCC(C)C)c1. The Labute approximate surface area is 134 Å². The lowest BCUT2D eigenvalue weighted by Crippen LogP contribution is -2.32. The van der Waals surface area contributed by atoms with Gasteiger partial charge in [-0.3, -0.25) is 4.79 Å². The summed E-state index contributed by atoms with van der Waals surface area (Å²) in [4.78, 5) is 12.3. The number of carbonyl (C=O) groups is 1. The van der Waals surface area contributed by atoms with E-state index in [1.165, 1.54) is 0 Å². The summed E-state index contributed by atoms with van der Waals surface area (Å²) in [7, 11) is 1.63. The van der Waals surface area contributed by atoms with Crippen LogP contribution in [0.4, 0.5) is 0 Å². The van der Waals surface area contributed by atoms with Crippen molar-refractivity contribution < 1.29 is 14.3 Å². The Balaban J connectivity index is 2.77. The standard InChI is InChI=1S/C18H29NO3/c1-6-7-14(4)19-18(20)15-8-9-17(21-5)16(10-15)12-22-11-13(2)3/h8-10,13-14H,6-7,11-12H2,1-5H3,(H,19,20). The highest BCUT2D eigenvalue weighted by atomic mass is 16.5. The Morgan fingerprint density at radius 3 is 2.59 bits per heavy atom. The average Bonchev–Trinajstić information content (AvgIpc) is 2.46. The molecule has 0 bridgehead atoms. The van der Waals surface area contributed by atoms with E-state index < -0.39 is 0 Å². The molecule has 0 spiro atoms. The van der Waals surface area contributed by atoms with Gasteiger partial charge >= 0.3 is 0 Å². The van der Waals surface area contributed by atoms with Crippen molar-refractivity contribution in [3.63, 3.8) is 0 Å². The van der Waals surface area contributed by atoms with E-state index in [0.717, 1.165) is 24.2 Å². The van der Waals surface area contributed by atoms with Crippen molar-refractivity contribution in [1.82, 2.24) is 5.32 Å². The third-order valence-corrected chi connectivity index (χ3v) is 3.35. The summed E-state index contributed by atoms with van der Waals surface area (Å²) in [5, 5.41) is 3.02. The maximum absolute atomic E-state index is 12.3. The van der Waals surface area contributed by atoms with Crippen LogP contribution in [0.15, 0.2) is 18.2 Å². The largest absolute Gasteiger partial charge is 0.496 e. The van der Waals surface area contributed by atoms with Crippen molar-refractivity contribution in [2.75, 3.05) is 13.7 Å². The van der Waals surface area contributed by atoms with Crippen molar-refractivity contribution in [2.24, 2.45) is 5.92 Å². The number of ether oxygens (including phenoxy) is 2. The first-order chi connectivity index (χ1) is 10.5. The highest BCUT2D eigenvalue weighted by Gasteiger charge is 2.12. The molecule has 22 heavy (non-hydrogen) atoms. The molecule has 1 N–H and O–H groups in total. The summed E-state index contributed by atoms with van der Waals surface area (Å²) in [5.74, 6) is 1.18. The Morgan fingerprint density at radius 2 is 2.00 bits per heavy atom. The molecule has 4 nitrogen and oxygen atoms in total. The summed E-state index contributed by atoms with van der Waals surface area (Å²) >= 11 is 0. The fourth-order valence-electron chi connectivity index (χ4n) is 2.25. The van der Waals surface area contributed by atoms with Crippen LogP contribution >= 0.6 is 0 Å². The van der Waals surface area contributed by atoms with E-state index in [9.17, 15) is 4.79 Å². The van der Waals surface area contributed by atoms with E-state index in [-0.39, 0.29) is 11.9 Å². The molecule has 0 aromatic heterocycles. The van der Waals surface area contributed by atoms with E-state index in [4.69, 9.17) is 9.47 Å². The number of carbonyl (C=O) groups excluding carboxylic acids is 1. The lowest BCUT2D eigenvalue weighted by Gasteiger charge is -2.15. The normalized spacial score (nSPS) is 12.3. The minimum Gasteiger partial charge on any atom is -0.496 e. The van der Waals surface area contributed by atoms with Gasteiger partial charge in [-0.1, -0.05) is 27.2 Å². The molecule has 0 fully saturated rings. The zero-order valence-corrected chi connectivity index (χ0v) is 14.4. The number of benzene rings is 1. The lowest BCUT2D eigenvalue weighted by molar-refractivity contribution is 0.0929. The van der Waals surface area contributed by atoms with Gasteiger partial charge in [-0.25, -0.2) is 0 Å². The summed E-state index contributed by atoms with van der Waals surface area (Å²) in [6.07, 6.45) is 2.03. The maximum atomic E-state index is 12.3. The quantitative estimate of drug-likeness (QED) is 0.755. The average molecular weight is 307 g/mol. The first-order valence-corrected chi connectivity index (χ1v) is 8.03. The van der Waals surface area contributed by atoms with Crippen LogP contribution in [0.2, 0.25) is 0 Å².